The van der Waals surface area contributed by atoms with Crippen LogP contribution in [0.25, 0.3) is 0 Å². The Hall–Kier alpha value is -0.850. The second kappa shape index (κ2) is 16.3. The van der Waals surface area contributed by atoms with Gasteiger partial charge >= 0.3 is 0 Å². The summed E-state index contributed by atoms with van der Waals surface area (Å²) in [4.78, 5) is 0. The molecule has 0 saturated heterocycles. The molecule has 0 fully saturated rings. The van der Waals surface area contributed by atoms with Crippen LogP contribution >= 0.6 is 0 Å². The number of unbranched alkanes of at least 4 members (excludes halogenated alkanes) is 11. The standard InChI is InChI=1S/C25H46N/c1-4-7-10-11-12-13-14-17-20-26-22-24(18-15-8-5-2)21-25(23-26)19-16-9-6-3/h21-23H,4-20H2,1-3H3/q+1. The van der Waals surface area contributed by atoms with Crippen molar-refractivity contribution in [3.05, 3.63) is 29.6 Å². The average molecular weight is 361 g/mol. The molecule has 0 bridgehead atoms. The fourth-order valence-electron chi connectivity index (χ4n) is 3.76. The van der Waals surface area contributed by atoms with Crippen LogP contribution in [0.5, 0.6) is 0 Å². The molecule has 0 amide bonds. The van der Waals surface area contributed by atoms with E-state index in [0.29, 0.717) is 0 Å². The summed E-state index contributed by atoms with van der Waals surface area (Å²) in [6, 6.07) is 2.48. The lowest BCUT2D eigenvalue weighted by Crippen LogP contribution is -2.34. The predicted octanol–water partition coefficient (Wildman–Crippen LogP) is 7.58. The Morgan fingerprint density at radius 1 is 0.538 bits per heavy atom. The number of pyridine rings is 1. The van der Waals surface area contributed by atoms with Crippen LogP contribution in [0.15, 0.2) is 18.5 Å². The minimum absolute atomic E-state index is 1.21. The van der Waals surface area contributed by atoms with Crippen molar-refractivity contribution in [1.29, 1.82) is 0 Å². The lowest BCUT2D eigenvalue weighted by atomic mass is 10.0. The van der Waals surface area contributed by atoms with Gasteiger partial charge in [0, 0.05) is 17.5 Å². The molecule has 26 heavy (non-hydrogen) atoms. The molecule has 0 radical (unpaired) electrons. The monoisotopic (exact) mass is 360 g/mol. The molecular formula is C25H46N+. The van der Waals surface area contributed by atoms with E-state index in [1.807, 2.05) is 0 Å². The maximum atomic E-state index is 2.50. The summed E-state index contributed by atoms with van der Waals surface area (Å²) in [5.41, 5.74) is 3.12. The maximum Gasteiger partial charge on any atom is 0.171 e. The molecule has 0 aliphatic carbocycles. The van der Waals surface area contributed by atoms with Gasteiger partial charge < -0.3 is 0 Å². The third-order valence-corrected chi connectivity index (χ3v) is 5.44. The highest BCUT2D eigenvalue weighted by atomic mass is 14.9. The molecule has 1 heteroatoms. The van der Waals surface area contributed by atoms with Gasteiger partial charge in [0.25, 0.3) is 0 Å². The fraction of sp³-hybridized carbons (Fsp3) is 0.800. The van der Waals surface area contributed by atoms with E-state index in [-0.39, 0.29) is 0 Å². The van der Waals surface area contributed by atoms with Gasteiger partial charge in [0.05, 0.1) is 0 Å². The van der Waals surface area contributed by atoms with Gasteiger partial charge in [0.15, 0.2) is 12.4 Å². The van der Waals surface area contributed by atoms with Gasteiger partial charge in [-0.2, -0.15) is 0 Å². The molecule has 1 rings (SSSR count). The molecular weight excluding hydrogens is 314 g/mol. The third-order valence-electron chi connectivity index (χ3n) is 5.44. The summed E-state index contributed by atoms with van der Waals surface area (Å²) in [5.74, 6) is 0. The first-order valence-electron chi connectivity index (χ1n) is 11.8. The van der Waals surface area contributed by atoms with E-state index in [2.05, 4.69) is 43.8 Å². The summed E-state index contributed by atoms with van der Waals surface area (Å²) in [6.07, 6.45) is 26.6. The Morgan fingerprint density at radius 2 is 0.962 bits per heavy atom. The lowest BCUT2D eigenvalue weighted by molar-refractivity contribution is -0.698. The summed E-state index contributed by atoms with van der Waals surface area (Å²) in [5, 5.41) is 0. The first kappa shape index (κ1) is 23.2. The molecule has 0 aromatic carbocycles. The molecule has 0 spiro atoms. The van der Waals surface area contributed by atoms with E-state index in [0.717, 1.165) is 0 Å². The van der Waals surface area contributed by atoms with Crippen LogP contribution in [-0.4, -0.2) is 0 Å². The highest BCUT2D eigenvalue weighted by Crippen LogP contribution is 2.12. The van der Waals surface area contributed by atoms with E-state index in [1.165, 1.54) is 109 Å². The number of hydrogen-bond acceptors (Lipinski definition) is 0. The van der Waals surface area contributed by atoms with Gasteiger partial charge in [-0.05, 0) is 38.2 Å². The van der Waals surface area contributed by atoms with Crippen LogP contribution < -0.4 is 4.57 Å². The van der Waals surface area contributed by atoms with Crippen molar-refractivity contribution in [3.63, 3.8) is 0 Å². The summed E-state index contributed by atoms with van der Waals surface area (Å²) in [7, 11) is 0. The number of aryl methyl sites for hydroxylation is 3. The van der Waals surface area contributed by atoms with Gasteiger partial charge in [0.1, 0.15) is 6.54 Å². The van der Waals surface area contributed by atoms with Crippen molar-refractivity contribution in [2.45, 2.75) is 130 Å². The number of hydrogen-bond donors (Lipinski definition) is 0. The zero-order valence-electron chi connectivity index (χ0n) is 18.2. The predicted molar refractivity (Wildman–Crippen MR) is 116 cm³/mol. The molecule has 1 aromatic rings. The zero-order chi connectivity index (χ0) is 18.9. The van der Waals surface area contributed by atoms with Crippen molar-refractivity contribution < 1.29 is 4.57 Å². The SMILES string of the molecule is CCCCCCCCCC[n+]1cc(CCCCC)cc(CCCCC)c1. The average Bonchev–Trinajstić information content (AvgIpc) is 2.64. The van der Waals surface area contributed by atoms with Crippen LogP contribution in [0.4, 0.5) is 0 Å². The number of nitrogens with zero attached hydrogens (tertiary/aromatic N) is 1. The normalized spacial score (nSPS) is 11.2. The number of rotatable bonds is 17. The molecule has 0 atom stereocenters. The van der Waals surface area contributed by atoms with Crippen LogP contribution in [0.3, 0.4) is 0 Å². The topological polar surface area (TPSA) is 3.88 Å². The summed E-state index contributed by atoms with van der Waals surface area (Å²) >= 11 is 0. The highest BCUT2D eigenvalue weighted by molar-refractivity contribution is 5.15. The molecule has 1 nitrogen and oxygen atoms in total. The van der Waals surface area contributed by atoms with Crippen molar-refractivity contribution in [3.8, 4) is 0 Å². The highest BCUT2D eigenvalue weighted by Gasteiger charge is 2.08. The molecule has 0 saturated carbocycles. The Kier molecular flexibility index (Phi) is 14.6. The first-order chi connectivity index (χ1) is 12.8. The van der Waals surface area contributed by atoms with E-state index >= 15 is 0 Å². The molecule has 1 aromatic heterocycles. The van der Waals surface area contributed by atoms with Gasteiger partial charge in [-0.1, -0.05) is 85.0 Å². The molecule has 0 aliphatic heterocycles. The molecule has 1 heterocycles. The minimum atomic E-state index is 1.21. The molecule has 0 N–H and O–H groups in total. The van der Waals surface area contributed by atoms with Crippen LogP contribution in [0.2, 0.25) is 0 Å². The molecule has 0 unspecified atom stereocenters. The summed E-state index contributed by atoms with van der Waals surface area (Å²) in [6.45, 7) is 8.09. The van der Waals surface area contributed by atoms with Crippen LogP contribution in [-0.2, 0) is 19.4 Å². The molecule has 0 aliphatic rings. The van der Waals surface area contributed by atoms with Crippen molar-refractivity contribution >= 4 is 0 Å². The minimum Gasteiger partial charge on any atom is -0.205 e. The van der Waals surface area contributed by atoms with Gasteiger partial charge in [-0.15, -0.1) is 0 Å². The first-order valence-corrected chi connectivity index (χ1v) is 11.8. The lowest BCUT2D eigenvalue weighted by Gasteiger charge is -2.06. The van der Waals surface area contributed by atoms with E-state index in [1.54, 1.807) is 11.1 Å². The Morgan fingerprint density at radius 3 is 1.46 bits per heavy atom. The van der Waals surface area contributed by atoms with Gasteiger partial charge in [0.2, 0.25) is 0 Å². The largest absolute Gasteiger partial charge is 0.205 e. The summed E-state index contributed by atoms with van der Waals surface area (Å²) < 4.78 is 2.50. The Balaban J connectivity index is 2.42. The quantitative estimate of drug-likeness (QED) is 0.199. The second-order valence-electron chi connectivity index (χ2n) is 8.18. The van der Waals surface area contributed by atoms with Crippen LogP contribution in [0.1, 0.15) is 122 Å². The fourth-order valence-corrected chi connectivity index (χ4v) is 3.76. The van der Waals surface area contributed by atoms with Gasteiger partial charge in [-0.25, -0.2) is 4.57 Å². The van der Waals surface area contributed by atoms with Crippen molar-refractivity contribution in [1.82, 2.24) is 0 Å². The van der Waals surface area contributed by atoms with E-state index in [4.69, 9.17) is 0 Å². The van der Waals surface area contributed by atoms with Crippen molar-refractivity contribution in [2.24, 2.45) is 0 Å². The number of aromatic nitrogens is 1. The van der Waals surface area contributed by atoms with Crippen molar-refractivity contribution in [2.75, 3.05) is 0 Å². The van der Waals surface area contributed by atoms with E-state index < -0.39 is 0 Å². The smallest absolute Gasteiger partial charge is 0.171 e. The third kappa shape index (κ3) is 11.7. The Bertz CT molecular complexity index is 410. The maximum absolute atomic E-state index is 2.50. The second-order valence-corrected chi connectivity index (χ2v) is 8.18. The van der Waals surface area contributed by atoms with Crippen LogP contribution in [0, 0.1) is 0 Å². The zero-order valence-corrected chi connectivity index (χ0v) is 18.2. The Labute approximate surface area is 164 Å². The molecule has 150 valence electrons. The van der Waals surface area contributed by atoms with E-state index in [9.17, 15) is 0 Å². The van der Waals surface area contributed by atoms with Gasteiger partial charge in [-0.3, -0.25) is 0 Å².